The zero-order valence-electron chi connectivity index (χ0n) is 8.62. The Balaban J connectivity index is 2.66. The van der Waals surface area contributed by atoms with E-state index in [1.165, 1.54) is 0 Å². The van der Waals surface area contributed by atoms with Crippen molar-refractivity contribution in [1.82, 2.24) is 10.2 Å². The fourth-order valence-corrected chi connectivity index (χ4v) is 1.47. The summed E-state index contributed by atoms with van der Waals surface area (Å²) in [5, 5.41) is 2.70. The standard InChI is InChI=1S/C9H17N3O2/c1-3-7(10)9(14)12-5-4-11-8(13)6(12)2/h6-7H,3-5,10H2,1-2H3,(H,11,13)/t6?,7-/m0/s1. The first-order valence-corrected chi connectivity index (χ1v) is 4.91. The summed E-state index contributed by atoms with van der Waals surface area (Å²) in [4.78, 5) is 24.5. The number of carbonyl (C=O) groups is 2. The molecule has 1 saturated heterocycles. The third kappa shape index (κ3) is 2.04. The molecule has 1 heterocycles. The van der Waals surface area contributed by atoms with Gasteiger partial charge in [-0.2, -0.15) is 0 Å². The van der Waals surface area contributed by atoms with Gasteiger partial charge in [-0.15, -0.1) is 0 Å². The molecule has 0 aromatic carbocycles. The molecule has 1 fully saturated rings. The van der Waals surface area contributed by atoms with Crippen LogP contribution in [0.3, 0.4) is 0 Å². The fraction of sp³-hybridized carbons (Fsp3) is 0.778. The van der Waals surface area contributed by atoms with Gasteiger partial charge in [0.2, 0.25) is 11.8 Å². The maximum atomic E-state index is 11.7. The number of nitrogens with one attached hydrogen (secondary N) is 1. The van der Waals surface area contributed by atoms with Gasteiger partial charge in [-0.1, -0.05) is 6.92 Å². The highest BCUT2D eigenvalue weighted by Gasteiger charge is 2.31. The van der Waals surface area contributed by atoms with Gasteiger partial charge in [0.05, 0.1) is 6.04 Å². The van der Waals surface area contributed by atoms with Gasteiger partial charge in [-0.05, 0) is 13.3 Å². The molecule has 0 aromatic heterocycles. The second-order valence-electron chi connectivity index (χ2n) is 3.51. The van der Waals surface area contributed by atoms with Crippen molar-refractivity contribution in [2.24, 2.45) is 5.73 Å². The van der Waals surface area contributed by atoms with Gasteiger partial charge < -0.3 is 16.0 Å². The topological polar surface area (TPSA) is 75.4 Å². The molecule has 1 rings (SSSR count). The van der Waals surface area contributed by atoms with Crippen molar-refractivity contribution in [2.75, 3.05) is 13.1 Å². The Kier molecular flexibility index (Phi) is 3.46. The Bertz CT molecular complexity index is 242. The zero-order valence-corrected chi connectivity index (χ0v) is 8.62. The summed E-state index contributed by atoms with van der Waals surface area (Å²) >= 11 is 0. The van der Waals surface area contributed by atoms with Crippen LogP contribution >= 0.6 is 0 Å². The SMILES string of the molecule is CC[C@H](N)C(=O)N1CCNC(=O)C1C. The highest BCUT2D eigenvalue weighted by molar-refractivity contribution is 5.90. The summed E-state index contributed by atoms with van der Waals surface area (Å²) < 4.78 is 0. The van der Waals surface area contributed by atoms with Crippen LogP contribution in [-0.4, -0.2) is 41.9 Å². The number of hydrogen-bond donors (Lipinski definition) is 2. The lowest BCUT2D eigenvalue weighted by Crippen LogP contribution is -2.59. The molecule has 5 heteroatoms. The number of piperazine rings is 1. The van der Waals surface area contributed by atoms with Crippen LogP contribution in [0.15, 0.2) is 0 Å². The molecule has 0 saturated carbocycles. The molecule has 14 heavy (non-hydrogen) atoms. The normalized spacial score (nSPS) is 24.4. The molecule has 0 aromatic rings. The second kappa shape index (κ2) is 4.41. The lowest BCUT2D eigenvalue weighted by Gasteiger charge is -2.34. The summed E-state index contributed by atoms with van der Waals surface area (Å²) in [6, 6.07) is -0.878. The van der Waals surface area contributed by atoms with Crippen LogP contribution in [0.4, 0.5) is 0 Å². The van der Waals surface area contributed by atoms with Crippen molar-refractivity contribution < 1.29 is 9.59 Å². The lowest BCUT2D eigenvalue weighted by molar-refractivity contribution is -0.143. The molecular weight excluding hydrogens is 182 g/mol. The van der Waals surface area contributed by atoms with Gasteiger partial charge in [0.15, 0.2) is 0 Å². The Morgan fingerprint density at radius 1 is 1.79 bits per heavy atom. The summed E-state index contributed by atoms with van der Waals surface area (Å²) in [6.45, 7) is 4.65. The third-order valence-electron chi connectivity index (χ3n) is 2.54. The molecule has 5 nitrogen and oxygen atoms in total. The molecule has 3 N–H and O–H groups in total. The van der Waals surface area contributed by atoms with E-state index >= 15 is 0 Å². The number of amides is 2. The van der Waals surface area contributed by atoms with Gasteiger partial charge in [0.25, 0.3) is 0 Å². The van der Waals surface area contributed by atoms with Crippen molar-refractivity contribution in [2.45, 2.75) is 32.4 Å². The van der Waals surface area contributed by atoms with Crippen LogP contribution in [-0.2, 0) is 9.59 Å². The van der Waals surface area contributed by atoms with Crippen LogP contribution in [0.5, 0.6) is 0 Å². The molecule has 0 bridgehead atoms. The predicted octanol–water partition coefficient (Wildman–Crippen LogP) is -0.929. The molecule has 0 spiro atoms. The monoisotopic (exact) mass is 199 g/mol. The van der Waals surface area contributed by atoms with E-state index in [2.05, 4.69) is 5.32 Å². The molecule has 2 amide bonds. The third-order valence-corrected chi connectivity index (χ3v) is 2.54. The molecule has 2 atom stereocenters. The van der Waals surface area contributed by atoms with Crippen molar-refractivity contribution in [1.29, 1.82) is 0 Å². The first-order valence-electron chi connectivity index (χ1n) is 4.91. The fourth-order valence-electron chi connectivity index (χ4n) is 1.47. The number of carbonyl (C=O) groups excluding carboxylic acids is 2. The lowest BCUT2D eigenvalue weighted by atomic mass is 10.1. The number of nitrogens with zero attached hydrogens (tertiary/aromatic N) is 1. The highest BCUT2D eigenvalue weighted by Crippen LogP contribution is 2.06. The van der Waals surface area contributed by atoms with Gasteiger partial charge in [-0.3, -0.25) is 9.59 Å². The van der Waals surface area contributed by atoms with Crippen LogP contribution < -0.4 is 11.1 Å². The van der Waals surface area contributed by atoms with Crippen LogP contribution in [0.1, 0.15) is 20.3 Å². The molecule has 80 valence electrons. The molecule has 0 radical (unpaired) electrons. The Hall–Kier alpha value is -1.10. The Morgan fingerprint density at radius 3 is 3.00 bits per heavy atom. The van der Waals surface area contributed by atoms with E-state index in [-0.39, 0.29) is 11.8 Å². The number of nitrogens with two attached hydrogens (primary N) is 1. The van der Waals surface area contributed by atoms with Crippen LogP contribution in [0, 0.1) is 0 Å². The molecule has 0 aliphatic carbocycles. The van der Waals surface area contributed by atoms with E-state index < -0.39 is 12.1 Å². The van der Waals surface area contributed by atoms with Crippen molar-refractivity contribution in [3.05, 3.63) is 0 Å². The van der Waals surface area contributed by atoms with Crippen molar-refractivity contribution in [3.63, 3.8) is 0 Å². The molecular formula is C9H17N3O2. The van der Waals surface area contributed by atoms with Crippen LogP contribution in [0.25, 0.3) is 0 Å². The maximum absolute atomic E-state index is 11.7. The zero-order chi connectivity index (χ0) is 10.7. The van der Waals surface area contributed by atoms with Gasteiger partial charge in [-0.25, -0.2) is 0 Å². The quantitative estimate of drug-likeness (QED) is 0.603. The summed E-state index contributed by atoms with van der Waals surface area (Å²) in [5.41, 5.74) is 5.63. The first kappa shape index (κ1) is 11.0. The number of hydrogen-bond acceptors (Lipinski definition) is 3. The van der Waals surface area contributed by atoms with Gasteiger partial charge in [0.1, 0.15) is 6.04 Å². The minimum atomic E-state index is -0.483. The second-order valence-corrected chi connectivity index (χ2v) is 3.51. The molecule has 1 unspecified atom stereocenters. The van der Waals surface area contributed by atoms with Crippen molar-refractivity contribution in [3.8, 4) is 0 Å². The Morgan fingerprint density at radius 2 is 2.43 bits per heavy atom. The van der Waals surface area contributed by atoms with Crippen molar-refractivity contribution >= 4 is 11.8 Å². The summed E-state index contributed by atoms with van der Waals surface area (Å²) in [7, 11) is 0. The van der Waals surface area contributed by atoms with E-state index in [0.29, 0.717) is 19.5 Å². The first-order chi connectivity index (χ1) is 6.57. The predicted molar refractivity (Wildman–Crippen MR) is 52.5 cm³/mol. The average molecular weight is 199 g/mol. The van der Waals surface area contributed by atoms with E-state index in [1.807, 2.05) is 6.92 Å². The minimum absolute atomic E-state index is 0.104. The summed E-state index contributed by atoms with van der Waals surface area (Å²) in [5.74, 6) is -0.234. The van der Waals surface area contributed by atoms with E-state index in [4.69, 9.17) is 5.73 Å². The number of rotatable bonds is 2. The van der Waals surface area contributed by atoms with E-state index in [1.54, 1.807) is 11.8 Å². The summed E-state index contributed by atoms with van der Waals surface area (Å²) in [6.07, 6.45) is 0.601. The van der Waals surface area contributed by atoms with E-state index in [9.17, 15) is 9.59 Å². The maximum Gasteiger partial charge on any atom is 0.242 e. The molecule has 1 aliphatic rings. The largest absolute Gasteiger partial charge is 0.353 e. The van der Waals surface area contributed by atoms with Crippen LogP contribution in [0.2, 0.25) is 0 Å². The Labute approximate surface area is 83.6 Å². The average Bonchev–Trinajstić information content (AvgIpc) is 2.20. The van der Waals surface area contributed by atoms with Gasteiger partial charge in [0, 0.05) is 13.1 Å². The van der Waals surface area contributed by atoms with Gasteiger partial charge >= 0.3 is 0 Å². The smallest absolute Gasteiger partial charge is 0.242 e. The van der Waals surface area contributed by atoms with E-state index in [0.717, 1.165) is 0 Å². The minimum Gasteiger partial charge on any atom is -0.353 e. The highest BCUT2D eigenvalue weighted by atomic mass is 16.2. The molecule has 1 aliphatic heterocycles.